The van der Waals surface area contributed by atoms with Crippen molar-refractivity contribution in [2.45, 2.75) is 69.2 Å². The molecule has 5 atom stereocenters. The monoisotopic (exact) mass is 841 g/mol. The third-order valence-electron chi connectivity index (χ3n) is 13.3. The number of nitrogens with zero attached hydrogens (tertiary/aromatic N) is 3. The van der Waals surface area contributed by atoms with E-state index in [4.69, 9.17) is 25.8 Å². The highest BCUT2D eigenvalue weighted by Crippen LogP contribution is 2.60. The smallest absolute Gasteiger partial charge is 0.269 e. The summed E-state index contributed by atoms with van der Waals surface area (Å²) in [4.78, 5) is 48.4. The minimum atomic E-state index is -2.56. The van der Waals surface area contributed by atoms with Crippen LogP contribution in [0.2, 0.25) is 23.7 Å². The normalized spacial score (nSPS) is 23.3. The lowest BCUT2D eigenvalue weighted by atomic mass is 9.82. The zero-order chi connectivity index (χ0) is 41.9. The van der Waals surface area contributed by atoms with Gasteiger partial charge in [-0.3, -0.25) is 19.3 Å². The highest BCUT2D eigenvalue weighted by Gasteiger charge is 2.66. The fraction of sp³-hybridized carbons (Fsp3) is 0.312. The van der Waals surface area contributed by atoms with Gasteiger partial charge in [-0.1, -0.05) is 97.5 Å². The molecule has 0 saturated carbocycles. The molecular weight excluding hydrogens is 794 g/mol. The summed E-state index contributed by atoms with van der Waals surface area (Å²) in [5.74, 6) is 0.561. The van der Waals surface area contributed by atoms with Gasteiger partial charge in [0.25, 0.3) is 11.8 Å². The fourth-order valence-electron chi connectivity index (χ4n) is 10.3. The molecular formula is C48H48ClN3O7Si. The first kappa shape index (κ1) is 40.0. The third-order valence-corrected chi connectivity index (χ3v) is 17.9. The predicted molar refractivity (Wildman–Crippen MR) is 234 cm³/mol. The van der Waals surface area contributed by atoms with E-state index in [2.05, 4.69) is 38.2 Å². The second-order valence-corrected chi connectivity index (χ2v) is 22.0. The van der Waals surface area contributed by atoms with E-state index < -0.39 is 19.8 Å². The molecule has 5 aromatic rings. The van der Waals surface area contributed by atoms with Crippen molar-refractivity contribution >= 4 is 59.6 Å². The highest BCUT2D eigenvalue weighted by molar-refractivity contribution is 6.91. The van der Waals surface area contributed by atoms with Gasteiger partial charge < -0.3 is 29.1 Å². The number of ether oxygens (including phenoxy) is 3. The number of rotatable bonds is 9. The zero-order valence-electron chi connectivity index (χ0n) is 34.1. The average Bonchev–Trinajstić information content (AvgIpc) is 3.68. The van der Waals surface area contributed by atoms with Crippen molar-refractivity contribution in [3.63, 3.8) is 0 Å². The van der Waals surface area contributed by atoms with Crippen molar-refractivity contribution in [1.29, 1.82) is 0 Å². The molecule has 1 saturated heterocycles. The Morgan fingerprint density at radius 2 is 1.63 bits per heavy atom. The number of halogens is 1. The Labute approximate surface area is 356 Å². The fourth-order valence-corrected chi connectivity index (χ4v) is 14.5. The van der Waals surface area contributed by atoms with Crippen LogP contribution in [0.3, 0.4) is 0 Å². The molecule has 10 nitrogen and oxygen atoms in total. The Hall–Kier alpha value is -5.46. The number of fused-ring (bicyclic) bond motifs is 4. The van der Waals surface area contributed by atoms with E-state index in [1.807, 2.05) is 91.0 Å². The summed E-state index contributed by atoms with van der Waals surface area (Å²) in [5, 5.41) is 12.2. The Balaban J connectivity index is 1.07. The number of methoxy groups -OCH3 is 1. The van der Waals surface area contributed by atoms with Gasteiger partial charge >= 0.3 is 0 Å². The van der Waals surface area contributed by atoms with Gasteiger partial charge in [-0.05, 0) is 83.2 Å². The second-order valence-electron chi connectivity index (χ2n) is 16.9. The van der Waals surface area contributed by atoms with E-state index in [0.717, 1.165) is 27.6 Å². The van der Waals surface area contributed by atoms with Crippen LogP contribution in [0.1, 0.15) is 35.6 Å². The van der Waals surface area contributed by atoms with Crippen LogP contribution in [0.25, 0.3) is 0 Å². The molecule has 1 N–H and O–H groups in total. The average molecular weight is 842 g/mol. The van der Waals surface area contributed by atoms with Crippen LogP contribution in [-0.2, 0) is 44.2 Å². The van der Waals surface area contributed by atoms with E-state index >= 15 is 4.79 Å². The van der Waals surface area contributed by atoms with Crippen molar-refractivity contribution < 1.29 is 33.7 Å². The standard InChI is InChI=1S/C48H48ClN3O7Si/c1-30-46(60(3,4)38-20-18-37(57-2)19-21-38)43(25-44(54)50-27-33-10-6-5-9-32(33)23-36(50)28-53)59-48(30)39-24-34(49)15-22-40(39)51(47(48)56)26-31-13-16-35(17-14-31)52-41-11-7-8-12-42(41)58-29-45(52)55/h5-22,24,30,36,43,46,53H,23,25-29H2,1-4H3/t30-,36+,43+,46-,48+/m1/s1. The first-order valence-electron chi connectivity index (χ1n) is 20.5. The van der Waals surface area contributed by atoms with E-state index in [1.54, 1.807) is 27.9 Å². The topological polar surface area (TPSA) is 109 Å². The number of aliphatic hydroxyl groups is 1. The van der Waals surface area contributed by atoms with Crippen LogP contribution in [0.4, 0.5) is 17.1 Å². The molecule has 3 amide bonds. The van der Waals surface area contributed by atoms with Crippen molar-refractivity contribution in [2.24, 2.45) is 5.92 Å². The molecule has 60 heavy (non-hydrogen) atoms. The summed E-state index contributed by atoms with van der Waals surface area (Å²) in [6.07, 6.45) is 0.00311. The molecule has 4 aliphatic heterocycles. The van der Waals surface area contributed by atoms with Gasteiger partial charge in [0, 0.05) is 28.7 Å². The number of para-hydroxylation sites is 2. The number of amides is 3. The number of aliphatic hydroxyl groups excluding tert-OH is 1. The molecule has 9 rings (SSSR count). The summed E-state index contributed by atoms with van der Waals surface area (Å²) < 4.78 is 18.5. The van der Waals surface area contributed by atoms with Crippen LogP contribution >= 0.6 is 11.6 Å². The van der Waals surface area contributed by atoms with Crippen LogP contribution in [0, 0.1) is 5.92 Å². The van der Waals surface area contributed by atoms with E-state index in [1.165, 1.54) is 0 Å². The Kier molecular flexibility index (Phi) is 10.3. The van der Waals surface area contributed by atoms with Gasteiger partial charge in [-0.25, -0.2) is 0 Å². The maximum Gasteiger partial charge on any atom is 0.269 e. The maximum absolute atomic E-state index is 15.4. The summed E-state index contributed by atoms with van der Waals surface area (Å²) in [7, 11) is -0.915. The number of anilines is 3. The summed E-state index contributed by atoms with van der Waals surface area (Å²) in [6.45, 7) is 7.11. The lowest BCUT2D eigenvalue weighted by molar-refractivity contribution is -0.151. The van der Waals surface area contributed by atoms with Crippen molar-refractivity contribution in [3.05, 3.63) is 143 Å². The van der Waals surface area contributed by atoms with Crippen LogP contribution in [0.5, 0.6) is 11.5 Å². The van der Waals surface area contributed by atoms with Gasteiger partial charge in [0.1, 0.15) is 11.5 Å². The van der Waals surface area contributed by atoms with E-state index in [0.29, 0.717) is 46.4 Å². The molecule has 1 fully saturated rings. The molecule has 5 aromatic carbocycles. The third kappa shape index (κ3) is 6.59. The number of carbonyl (C=O) groups is 3. The van der Waals surface area contributed by atoms with Crippen molar-refractivity contribution in [1.82, 2.24) is 4.90 Å². The second kappa shape index (κ2) is 15.5. The molecule has 4 heterocycles. The minimum Gasteiger partial charge on any atom is -0.497 e. The molecule has 0 bridgehead atoms. The Bertz CT molecular complexity index is 2480. The van der Waals surface area contributed by atoms with Crippen LogP contribution in [0.15, 0.2) is 115 Å². The van der Waals surface area contributed by atoms with Crippen LogP contribution in [-0.4, -0.2) is 68.3 Å². The maximum atomic E-state index is 15.4. The Morgan fingerprint density at radius 3 is 2.37 bits per heavy atom. The van der Waals surface area contributed by atoms with Gasteiger partial charge in [0.15, 0.2) is 12.2 Å². The zero-order valence-corrected chi connectivity index (χ0v) is 35.9. The first-order valence-corrected chi connectivity index (χ1v) is 23.9. The number of hydrogen-bond donors (Lipinski definition) is 1. The number of carbonyl (C=O) groups excluding carboxylic acids is 3. The van der Waals surface area contributed by atoms with E-state index in [-0.39, 0.29) is 61.4 Å². The summed E-state index contributed by atoms with van der Waals surface area (Å²) in [5.41, 5.74) is 4.25. The van der Waals surface area contributed by atoms with Gasteiger partial charge in [0.05, 0.1) is 58.3 Å². The first-order chi connectivity index (χ1) is 28.9. The van der Waals surface area contributed by atoms with E-state index in [9.17, 15) is 14.7 Å². The molecule has 4 aliphatic rings. The summed E-state index contributed by atoms with van der Waals surface area (Å²) >= 11 is 6.76. The molecule has 0 aliphatic carbocycles. The molecule has 1 spiro atoms. The largest absolute Gasteiger partial charge is 0.497 e. The Morgan fingerprint density at radius 1 is 0.917 bits per heavy atom. The quantitative estimate of drug-likeness (QED) is 0.153. The summed E-state index contributed by atoms with van der Waals surface area (Å²) in [6, 6.07) is 36.5. The molecule has 0 aromatic heterocycles. The number of benzene rings is 5. The molecule has 0 unspecified atom stereocenters. The van der Waals surface area contributed by atoms with Gasteiger partial charge in [0.2, 0.25) is 5.91 Å². The lowest BCUT2D eigenvalue weighted by Crippen LogP contribution is -2.52. The van der Waals surface area contributed by atoms with Gasteiger partial charge in [-0.15, -0.1) is 0 Å². The predicted octanol–water partition coefficient (Wildman–Crippen LogP) is 7.50. The lowest BCUT2D eigenvalue weighted by Gasteiger charge is -2.39. The molecule has 308 valence electrons. The molecule has 0 radical (unpaired) electrons. The molecule has 12 heteroatoms. The van der Waals surface area contributed by atoms with Gasteiger partial charge in [-0.2, -0.15) is 0 Å². The SMILES string of the molecule is COc1ccc([Si](C)(C)[C@H]2[C@H](CC(=O)N3Cc4ccccc4C[C@H]3CO)O[C@@]3(C(=O)N(Cc4ccc(N5C(=O)COc6ccccc65)cc4)c4ccc(Cl)cc43)[C@@H]2C)cc1. The van der Waals surface area contributed by atoms with Crippen LogP contribution < -0.4 is 24.5 Å². The highest BCUT2D eigenvalue weighted by atomic mass is 35.5. The van der Waals surface area contributed by atoms with Crippen molar-refractivity contribution in [2.75, 3.05) is 30.1 Å². The minimum absolute atomic E-state index is 0.0516. The number of hydrogen-bond acceptors (Lipinski definition) is 7. The van der Waals surface area contributed by atoms with Crippen molar-refractivity contribution in [3.8, 4) is 11.5 Å².